The molecule has 2 N–H and O–H groups in total. The van der Waals surface area contributed by atoms with E-state index in [-0.39, 0.29) is 60.0 Å². The Labute approximate surface area is 299 Å². The third-order valence-corrected chi connectivity index (χ3v) is 11.0. The van der Waals surface area contributed by atoms with E-state index in [0.717, 1.165) is 62.8 Å². The highest BCUT2D eigenvalue weighted by Crippen LogP contribution is 2.46. The average molecular weight is 721 g/mol. The van der Waals surface area contributed by atoms with E-state index < -0.39 is 11.6 Å². The van der Waals surface area contributed by atoms with Crippen LogP contribution in [-0.4, -0.2) is 77.6 Å². The smallest absolute Gasteiger partial charge is 0.319 e. The number of anilines is 2. The minimum atomic E-state index is -0.742. The molecule has 2 saturated heterocycles. The van der Waals surface area contributed by atoms with Gasteiger partial charge in [-0.2, -0.15) is 20.5 Å². The van der Waals surface area contributed by atoms with Gasteiger partial charge in [-0.15, -0.1) is 11.3 Å². The van der Waals surface area contributed by atoms with Crippen molar-refractivity contribution in [1.29, 1.82) is 10.5 Å². The molecule has 2 unspecified atom stereocenters. The van der Waals surface area contributed by atoms with Crippen LogP contribution in [0.25, 0.3) is 32.1 Å². The second-order valence-electron chi connectivity index (χ2n) is 13.4. The topological polar surface area (TPSA) is 135 Å². The fraction of sp³-hybridized carbons (Fsp3) is 0.472. The Morgan fingerprint density at radius 2 is 2.04 bits per heavy atom. The molecule has 50 heavy (non-hydrogen) atoms. The molecule has 1 saturated carbocycles. The van der Waals surface area contributed by atoms with Gasteiger partial charge >= 0.3 is 6.01 Å². The number of likely N-dealkylation sites (tertiary alicyclic amines) is 1. The van der Waals surface area contributed by atoms with Crippen molar-refractivity contribution in [3.63, 3.8) is 0 Å². The molecule has 2 aromatic carbocycles. The first-order chi connectivity index (χ1) is 24.0. The average Bonchev–Trinajstić information content (AvgIpc) is 3.86. The maximum atomic E-state index is 16.9. The van der Waals surface area contributed by atoms with Gasteiger partial charge in [-0.05, 0) is 76.7 Å². The van der Waals surface area contributed by atoms with E-state index in [1.54, 1.807) is 6.07 Å². The molecule has 4 heterocycles. The van der Waals surface area contributed by atoms with Crippen LogP contribution in [0.5, 0.6) is 6.01 Å². The Kier molecular flexibility index (Phi) is 10.3. The van der Waals surface area contributed by atoms with Crippen LogP contribution in [0.4, 0.5) is 19.6 Å². The van der Waals surface area contributed by atoms with Gasteiger partial charge in [-0.25, -0.2) is 8.78 Å². The maximum Gasteiger partial charge on any atom is 0.319 e. The summed E-state index contributed by atoms with van der Waals surface area (Å²) in [5, 5.41) is 18.6. The van der Waals surface area contributed by atoms with E-state index in [0.29, 0.717) is 43.3 Å². The molecule has 0 bridgehead atoms. The summed E-state index contributed by atoms with van der Waals surface area (Å²) < 4.78 is 38.1. The monoisotopic (exact) mass is 720 g/mol. The fourth-order valence-electron chi connectivity index (χ4n) is 7.00. The predicted molar refractivity (Wildman–Crippen MR) is 192 cm³/mol. The lowest BCUT2D eigenvalue weighted by Gasteiger charge is -2.55. The van der Waals surface area contributed by atoms with E-state index in [1.807, 2.05) is 24.9 Å². The number of ether oxygens (including phenoxy) is 1. The number of carbonyl (C=O) groups is 1. The van der Waals surface area contributed by atoms with Crippen molar-refractivity contribution in [2.45, 2.75) is 64.0 Å². The zero-order valence-corrected chi connectivity index (χ0v) is 29.9. The van der Waals surface area contributed by atoms with Crippen molar-refractivity contribution in [3.8, 4) is 29.3 Å². The number of piperidine rings is 1. The van der Waals surface area contributed by atoms with Gasteiger partial charge < -0.3 is 25.2 Å². The standard InChI is InChI=1S/C32H34ClF2N7O2S.C4H5N/c1-4-10-40(3)15-18(2)44-31-38-27-20(30(39-31)41-11-5-8-32(16-41)9-12-42(32)17-43)13-22(33)25(26(27)35)19-6-7-23(34)28-24(19)21(14-36)29(37)45-28;5-3-4-1-2-4/h6-7,13,17-18H,4-5,8-12,15-16,37H2,1-3H3;4H,1-2H2. The van der Waals surface area contributed by atoms with Gasteiger partial charge in [0.15, 0.2) is 5.82 Å². The molecule has 2 atom stereocenters. The Morgan fingerprint density at radius 3 is 2.66 bits per heavy atom. The zero-order chi connectivity index (χ0) is 35.7. The molecule has 0 radical (unpaired) electrons. The van der Waals surface area contributed by atoms with Crippen LogP contribution >= 0.6 is 22.9 Å². The number of nitrogens with two attached hydrogens (primary N) is 1. The second kappa shape index (κ2) is 14.5. The molecule has 4 aromatic rings. The highest BCUT2D eigenvalue weighted by atomic mass is 35.5. The summed E-state index contributed by atoms with van der Waals surface area (Å²) in [6, 6.07) is 8.43. The van der Waals surface area contributed by atoms with Crippen molar-refractivity contribution < 1.29 is 18.3 Å². The molecule has 3 aliphatic rings. The van der Waals surface area contributed by atoms with Crippen LogP contribution in [0.15, 0.2) is 18.2 Å². The first kappa shape index (κ1) is 35.5. The van der Waals surface area contributed by atoms with Crippen molar-refractivity contribution >= 4 is 61.2 Å². The number of hydrogen-bond donors (Lipinski definition) is 1. The highest BCUT2D eigenvalue weighted by Gasteiger charge is 2.47. The summed E-state index contributed by atoms with van der Waals surface area (Å²) in [6.45, 7) is 7.40. The number of halogens is 3. The zero-order valence-electron chi connectivity index (χ0n) is 28.3. The molecule has 1 amide bonds. The summed E-state index contributed by atoms with van der Waals surface area (Å²) in [5.41, 5.74) is 6.03. The van der Waals surface area contributed by atoms with Gasteiger partial charge in [0.25, 0.3) is 0 Å². The number of aromatic nitrogens is 2. The number of nitrogen functional groups attached to an aromatic ring is 1. The SMILES string of the molecule is CCCN(C)CC(C)Oc1nc(N2CCCC3(CCN3C=O)C2)c2cc(Cl)c(-c3ccc(F)c4sc(N)c(C#N)c34)c(F)c2n1.N#CC1CC1. The fourth-order valence-corrected chi connectivity index (χ4v) is 8.25. The Balaban J connectivity index is 0.000000794. The van der Waals surface area contributed by atoms with E-state index >= 15 is 4.39 Å². The highest BCUT2D eigenvalue weighted by molar-refractivity contribution is 7.23. The largest absolute Gasteiger partial charge is 0.459 e. The minimum Gasteiger partial charge on any atom is -0.459 e. The Bertz CT molecular complexity index is 2030. The van der Waals surface area contributed by atoms with Crippen LogP contribution in [0.2, 0.25) is 5.02 Å². The molecule has 1 spiro atoms. The van der Waals surface area contributed by atoms with Gasteiger partial charge in [-0.3, -0.25) is 4.79 Å². The van der Waals surface area contributed by atoms with Gasteiger partial charge in [0.1, 0.15) is 34.3 Å². The maximum absolute atomic E-state index is 16.9. The van der Waals surface area contributed by atoms with Crippen LogP contribution in [0.1, 0.15) is 57.9 Å². The lowest BCUT2D eigenvalue weighted by molar-refractivity contribution is -0.133. The number of amides is 1. The van der Waals surface area contributed by atoms with Crippen LogP contribution in [-0.2, 0) is 4.79 Å². The molecule has 3 fully saturated rings. The summed E-state index contributed by atoms with van der Waals surface area (Å²) in [7, 11) is 2.00. The first-order valence-electron chi connectivity index (χ1n) is 16.9. The van der Waals surface area contributed by atoms with Crippen LogP contribution in [0, 0.1) is 40.2 Å². The van der Waals surface area contributed by atoms with Crippen molar-refractivity contribution in [2.24, 2.45) is 5.92 Å². The first-order valence-corrected chi connectivity index (χ1v) is 18.1. The Hall–Kier alpha value is -4.30. The number of rotatable bonds is 9. The number of carbonyl (C=O) groups excluding carboxylic acids is 1. The van der Waals surface area contributed by atoms with E-state index in [4.69, 9.17) is 32.3 Å². The number of benzene rings is 2. The van der Waals surface area contributed by atoms with E-state index in [2.05, 4.69) is 27.8 Å². The molecule has 7 rings (SSSR count). The molecule has 1 aliphatic carbocycles. The number of nitriles is 2. The summed E-state index contributed by atoms with van der Waals surface area (Å²) >= 11 is 7.77. The van der Waals surface area contributed by atoms with Gasteiger partial charge in [0, 0.05) is 48.4 Å². The van der Waals surface area contributed by atoms with Crippen molar-refractivity contribution in [1.82, 2.24) is 19.8 Å². The number of nitrogens with zero attached hydrogens (tertiary/aromatic N) is 7. The number of likely N-dealkylation sites (N-methyl/N-ethyl adjacent to an activating group) is 1. The minimum absolute atomic E-state index is 0.0110. The molecular formula is C36H39ClF2N8O2S. The molecule has 2 aromatic heterocycles. The van der Waals surface area contributed by atoms with Crippen LogP contribution in [0.3, 0.4) is 0 Å². The summed E-state index contributed by atoms with van der Waals surface area (Å²) in [4.78, 5) is 27.2. The van der Waals surface area contributed by atoms with Gasteiger partial charge in [0.2, 0.25) is 6.41 Å². The summed E-state index contributed by atoms with van der Waals surface area (Å²) in [6.07, 6.45) is 6.46. The van der Waals surface area contributed by atoms with E-state index in [1.165, 1.54) is 12.1 Å². The molecule has 14 heteroatoms. The van der Waals surface area contributed by atoms with Gasteiger partial charge in [-0.1, -0.05) is 24.6 Å². The normalized spacial score (nSPS) is 19.1. The van der Waals surface area contributed by atoms with Crippen molar-refractivity contribution in [3.05, 3.63) is 40.4 Å². The lowest BCUT2D eigenvalue weighted by atomic mass is 9.78. The Morgan fingerprint density at radius 1 is 1.26 bits per heavy atom. The number of fused-ring (bicyclic) bond motifs is 2. The third kappa shape index (κ3) is 6.74. The molecular weight excluding hydrogens is 682 g/mol. The molecule has 10 nitrogen and oxygen atoms in total. The lowest BCUT2D eigenvalue weighted by Crippen LogP contribution is -2.66. The van der Waals surface area contributed by atoms with Gasteiger partial charge in [0.05, 0.1) is 26.9 Å². The second-order valence-corrected chi connectivity index (χ2v) is 14.9. The van der Waals surface area contributed by atoms with E-state index in [9.17, 15) is 14.4 Å². The number of hydrogen-bond acceptors (Lipinski definition) is 10. The molecule has 262 valence electrons. The summed E-state index contributed by atoms with van der Waals surface area (Å²) in [5.74, 6) is -0.399. The predicted octanol–water partition coefficient (Wildman–Crippen LogP) is 7.13. The molecule has 2 aliphatic heterocycles. The number of thiophene rings is 1. The van der Waals surface area contributed by atoms with Crippen LogP contribution < -0.4 is 15.4 Å². The quantitative estimate of drug-likeness (QED) is 0.179. The van der Waals surface area contributed by atoms with Crippen molar-refractivity contribution in [2.75, 3.05) is 50.4 Å². The third-order valence-electron chi connectivity index (χ3n) is 9.69.